The van der Waals surface area contributed by atoms with Crippen LogP contribution in [0.1, 0.15) is 25.2 Å². The predicted molar refractivity (Wildman–Crippen MR) is 60.4 cm³/mol. The van der Waals surface area contributed by atoms with E-state index in [0.29, 0.717) is 6.61 Å². The van der Waals surface area contributed by atoms with Crippen molar-refractivity contribution in [3.63, 3.8) is 0 Å². The van der Waals surface area contributed by atoms with Crippen LogP contribution in [0.25, 0.3) is 0 Å². The molecule has 0 spiro atoms. The fraction of sp³-hybridized carbons (Fsp3) is 0.545. The van der Waals surface area contributed by atoms with Crippen molar-refractivity contribution in [2.75, 3.05) is 13.2 Å². The largest absolute Gasteiger partial charge is 0.502 e. The third-order valence-electron chi connectivity index (χ3n) is 2.25. The lowest BCUT2D eigenvalue weighted by Gasteiger charge is -2.13. The van der Waals surface area contributed by atoms with Crippen molar-refractivity contribution in [1.82, 2.24) is 14.9 Å². The van der Waals surface area contributed by atoms with Crippen LogP contribution in [0.3, 0.4) is 0 Å². The van der Waals surface area contributed by atoms with Crippen LogP contribution < -0.4 is 5.32 Å². The fourth-order valence-electron chi connectivity index (χ4n) is 1.44. The second-order valence-corrected chi connectivity index (χ2v) is 3.46. The molecule has 0 aliphatic heterocycles. The zero-order chi connectivity index (χ0) is 11.1. The van der Waals surface area contributed by atoms with Crippen molar-refractivity contribution < 1.29 is 4.74 Å². The lowest BCUT2D eigenvalue weighted by molar-refractivity contribution is 0.243. The van der Waals surface area contributed by atoms with Gasteiger partial charge >= 0.3 is 0 Å². The van der Waals surface area contributed by atoms with Crippen LogP contribution in [0.15, 0.2) is 25.2 Å². The molecule has 0 aliphatic carbocycles. The second kappa shape index (κ2) is 6.24. The Balaban J connectivity index is 2.22. The SMILES string of the molecule is C=COCCCNC(C)c1nccn1C. The summed E-state index contributed by atoms with van der Waals surface area (Å²) in [4.78, 5) is 4.28. The Bertz CT molecular complexity index is 296. The number of nitrogens with one attached hydrogen (secondary N) is 1. The molecule has 0 fully saturated rings. The van der Waals surface area contributed by atoms with E-state index in [1.54, 1.807) is 0 Å². The Kier molecular flexibility index (Phi) is 4.90. The molecule has 0 saturated carbocycles. The molecule has 15 heavy (non-hydrogen) atoms. The van der Waals surface area contributed by atoms with Gasteiger partial charge in [0.05, 0.1) is 18.9 Å². The first-order valence-electron chi connectivity index (χ1n) is 5.19. The maximum atomic E-state index is 5.03. The highest BCUT2D eigenvalue weighted by Gasteiger charge is 2.08. The van der Waals surface area contributed by atoms with Gasteiger partial charge < -0.3 is 14.6 Å². The highest BCUT2D eigenvalue weighted by molar-refractivity contribution is 4.96. The van der Waals surface area contributed by atoms with Crippen molar-refractivity contribution in [2.24, 2.45) is 7.05 Å². The smallest absolute Gasteiger partial charge is 0.125 e. The van der Waals surface area contributed by atoms with Gasteiger partial charge in [0.2, 0.25) is 0 Å². The quantitative estimate of drug-likeness (QED) is 0.548. The molecule has 1 heterocycles. The van der Waals surface area contributed by atoms with Gasteiger partial charge in [-0.25, -0.2) is 4.98 Å². The maximum absolute atomic E-state index is 5.03. The van der Waals surface area contributed by atoms with Gasteiger partial charge in [0.15, 0.2) is 0 Å². The highest BCUT2D eigenvalue weighted by Crippen LogP contribution is 2.07. The Labute approximate surface area is 91.0 Å². The molecular weight excluding hydrogens is 190 g/mol. The molecule has 0 saturated heterocycles. The molecular formula is C11H19N3O. The van der Waals surface area contributed by atoms with Gasteiger partial charge in [-0.15, -0.1) is 0 Å². The van der Waals surface area contributed by atoms with Crippen LogP contribution in [-0.4, -0.2) is 22.7 Å². The number of aromatic nitrogens is 2. The molecule has 1 rings (SSSR count). The Morgan fingerprint density at radius 1 is 1.73 bits per heavy atom. The summed E-state index contributed by atoms with van der Waals surface area (Å²) in [5.74, 6) is 1.06. The van der Waals surface area contributed by atoms with Gasteiger partial charge in [-0.05, 0) is 19.9 Å². The number of nitrogens with zero attached hydrogens (tertiary/aromatic N) is 2. The number of imidazole rings is 1. The lowest BCUT2D eigenvalue weighted by Crippen LogP contribution is -2.23. The molecule has 0 bridgehead atoms. The van der Waals surface area contributed by atoms with Crippen LogP contribution >= 0.6 is 0 Å². The van der Waals surface area contributed by atoms with E-state index in [-0.39, 0.29) is 6.04 Å². The molecule has 0 radical (unpaired) electrons. The van der Waals surface area contributed by atoms with Crippen LogP contribution in [0.4, 0.5) is 0 Å². The first kappa shape index (κ1) is 11.8. The summed E-state index contributed by atoms with van der Waals surface area (Å²) in [6.07, 6.45) is 6.21. The molecule has 1 aromatic rings. The summed E-state index contributed by atoms with van der Waals surface area (Å²) in [6, 6.07) is 0.272. The molecule has 1 atom stereocenters. The summed E-state index contributed by atoms with van der Waals surface area (Å²) < 4.78 is 7.06. The summed E-state index contributed by atoms with van der Waals surface area (Å²) in [6.45, 7) is 7.23. The number of aryl methyl sites for hydroxylation is 1. The molecule has 4 nitrogen and oxygen atoms in total. The Hall–Kier alpha value is -1.29. The Morgan fingerprint density at radius 3 is 3.13 bits per heavy atom. The van der Waals surface area contributed by atoms with E-state index < -0.39 is 0 Å². The number of hydrogen-bond acceptors (Lipinski definition) is 3. The third-order valence-corrected chi connectivity index (χ3v) is 2.25. The van der Waals surface area contributed by atoms with Gasteiger partial charge in [0.1, 0.15) is 5.82 Å². The van der Waals surface area contributed by atoms with Gasteiger partial charge in [-0.3, -0.25) is 0 Å². The average Bonchev–Trinajstić information content (AvgIpc) is 2.64. The van der Waals surface area contributed by atoms with E-state index >= 15 is 0 Å². The van der Waals surface area contributed by atoms with Crippen LogP contribution in [0.2, 0.25) is 0 Å². The summed E-state index contributed by atoms with van der Waals surface area (Å²) >= 11 is 0. The van der Waals surface area contributed by atoms with E-state index in [2.05, 4.69) is 23.8 Å². The molecule has 1 N–H and O–H groups in total. The van der Waals surface area contributed by atoms with Gasteiger partial charge in [-0.1, -0.05) is 6.58 Å². The van der Waals surface area contributed by atoms with Crippen LogP contribution in [-0.2, 0) is 11.8 Å². The van der Waals surface area contributed by atoms with Crippen molar-refractivity contribution in [1.29, 1.82) is 0 Å². The molecule has 0 aromatic carbocycles. The molecule has 0 aliphatic rings. The number of ether oxygens (including phenoxy) is 1. The first-order valence-corrected chi connectivity index (χ1v) is 5.19. The third kappa shape index (κ3) is 3.75. The standard InChI is InChI=1S/C11H19N3O/c1-4-15-9-5-6-12-10(2)11-13-7-8-14(11)3/h4,7-8,10,12H,1,5-6,9H2,2-3H3. The van der Waals surface area contributed by atoms with E-state index in [1.165, 1.54) is 6.26 Å². The normalized spacial score (nSPS) is 12.4. The Morgan fingerprint density at radius 2 is 2.53 bits per heavy atom. The molecule has 0 amide bonds. The number of rotatable bonds is 7. The minimum atomic E-state index is 0.272. The molecule has 1 unspecified atom stereocenters. The van der Waals surface area contributed by atoms with E-state index in [1.807, 2.05) is 24.0 Å². The summed E-state index contributed by atoms with van der Waals surface area (Å²) in [7, 11) is 2.00. The topological polar surface area (TPSA) is 39.1 Å². The van der Waals surface area contributed by atoms with E-state index in [9.17, 15) is 0 Å². The monoisotopic (exact) mass is 209 g/mol. The zero-order valence-electron chi connectivity index (χ0n) is 9.44. The van der Waals surface area contributed by atoms with Crippen molar-refractivity contribution in [3.05, 3.63) is 31.1 Å². The molecule has 4 heteroatoms. The summed E-state index contributed by atoms with van der Waals surface area (Å²) in [5.41, 5.74) is 0. The van der Waals surface area contributed by atoms with Gasteiger partial charge in [0.25, 0.3) is 0 Å². The van der Waals surface area contributed by atoms with Crippen LogP contribution in [0.5, 0.6) is 0 Å². The minimum absolute atomic E-state index is 0.272. The summed E-state index contributed by atoms with van der Waals surface area (Å²) in [5, 5.41) is 3.39. The average molecular weight is 209 g/mol. The van der Waals surface area contributed by atoms with E-state index in [0.717, 1.165) is 18.8 Å². The fourth-order valence-corrected chi connectivity index (χ4v) is 1.44. The van der Waals surface area contributed by atoms with Crippen molar-refractivity contribution in [3.8, 4) is 0 Å². The van der Waals surface area contributed by atoms with Gasteiger partial charge in [-0.2, -0.15) is 0 Å². The zero-order valence-corrected chi connectivity index (χ0v) is 9.44. The molecule has 84 valence electrons. The minimum Gasteiger partial charge on any atom is -0.502 e. The van der Waals surface area contributed by atoms with Crippen molar-refractivity contribution >= 4 is 0 Å². The maximum Gasteiger partial charge on any atom is 0.125 e. The predicted octanol–water partition coefficient (Wildman–Crippen LogP) is 1.62. The van der Waals surface area contributed by atoms with Gasteiger partial charge in [0, 0.05) is 19.4 Å². The van der Waals surface area contributed by atoms with Crippen molar-refractivity contribution in [2.45, 2.75) is 19.4 Å². The first-order chi connectivity index (χ1) is 7.25. The second-order valence-electron chi connectivity index (χ2n) is 3.46. The number of hydrogen-bond donors (Lipinski definition) is 1. The highest BCUT2D eigenvalue weighted by atomic mass is 16.5. The molecule has 1 aromatic heterocycles. The lowest BCUT2D eigenvalue weighted by atomic mass is 10.3. The van der Waals surface area contributed by atoms with Crippen LogP contribution in [0, 0.1) is 0 Å². The van der Waals surface area contributed by atoms with E-state index in [4.69, 9.17) is 4.74 Å².